The highest BCUT2D eigenvalue weighted by Crippen LogP contribution is 2.25. The number of anilines is 2. The zero-order valence-electron chi connectivity index (χ0n) is 19.3. The number of piperazine rings is 1. The van der Waals surface area contributed by atoms with Gasteiger partial charge >= 0.3 is 0 Å². The van der Waals surface area contributed by atoms with Gasteiger partial charge in [-0.25, -0.2) is 24.0 Å². The van der Waals surface area contributed by atoms with Gasteiger partial charge < -0.3 is 15.1 Å². The first-order valence-electron chi connectivity index (χ1n) is 11.3. The van der Waals surface area contributed by atoms with Gasteiger partial charge in [-0.3, -0.25) is 4.79 Å². The molecule has 0 bridgehead atoms. The molecule has 0 saturated carbocycles. The van der Waals surface area contributed by atoms with E-state index in [9.17, 15) is 9.18 Å². The van der Waals surface area contributed by atoms with Gasteiger partial charge in [0.2, 0.25) is 0 Å². The first-order chi connectivity index (χ1) is 17.1. The van der Waals surface area contributed by atoms with E-state index in [2.05, 4.69) is 35.2 Å². The number of nitrogens with one attached hydrogen (secondary N) is 1. The van der Waals surface area contributed by atoms with E-state index in [1.807, 2.05) is 18.4 Å². The first-order valence-corrected chi connectivity index (χ1v) is 12.6. The SMILES string of the molecule is CSc1ncccc1C(=O)NCCn1ncc2c(N3CCN(c4ccc(F)cc4)CC3)ncnc21. The number of nitrogens with zero attached hydrogens (tertiary/aromatic N) is 7. The third-order valence-electron chi connectivity index (χ3n) is 6.00. The Kier molecular flexibility index (Phi) is 6.75. The summed E-state index contributed by atoms with van der Waals surface area (Å²) in [6.45, 7) is 4.08. The predicted molar refractivity (Wildman–Crippen MR) is 135 cm³/mol. The Morgan fingerprint density at radius 1 is 1.06 bits per heavy atom. The third-order valence-corrected chi connectivity index (χ3v) is 6.71. The predicted octanol–water partition coefficient (Wildman–Crippen LogP) is 2.84. The van der Waals surface area contributed by atoms with Crippen LogP contribution in [0.1, 0.15) is 10.4 Å². The largest absolute Gasteiger partial charge is 0.368 e. The number of halogens is 1. The van der Waals surface area contributed by atoms with Crippen molar-refractivity contribution in [2.24, 2.45) is 0 Å². The number of carbonyl (C=O) groups excluding carboxylic acids is 1. The van der Waals surface area contributed by atoms with E-state index in [0.29, 0.717) is 23.7 Å². The van der Waals surface area contributed by atoms with Crippen LogP contribution in [0.25, 0.3) is 11.0 Å². The first kappa shape index (κ1) is 23.0. The molecule has 9 nitrogen and oxygen atoms in total. The Labute approximate surface area is 206 Å². The van der Waals surface area contributed by atoms with Crippen LogP contribution in [0.2, 0.25) is 0 Å². The average molecular weight is 493 g/mol. The van der Waals surface area contributed by atoms with Gasteiger partial charge in [-0.2, -0.15) is 5.10 Å². The molecule has 0 unspecified atom stereocenters. The summed E-state index contributed by atoms with van der Waals surface area (Å²) >= 11 is 1.44. The third kappa shape index (κ3) is 4.90. The molecule has 1 saturated heterocycles. The van der Waals surface area contributed by atoms with Crippen molar-refractivity contribution in [1.29, 1.82) is 0 Å². The summed E-state index contributed by atoms with van der Waals surface area (Å²) in [7, 11) is 0. The second-order valence-corrected chi connectivity index (χ2v) is 8.86. The molecule has 1 aliphatic heterocycles. The molecule has 180 valence electrons. The highest BCUT2D eigenvalue weighted by atomic mass is 32.2. The van der Waals surface area contributed by atoms with E-state index in [4.69, 9.17) is 0 Å². The van der Waals surface area contributed by atoms with Crippen molar-refractivity contribution in [1.82, 2.24) is 30.0 Å². The highest BCUT2D eigenvalue weighted by Gasteiger charge is 2.21. The van der Waals surface area contributed by atoms with Gasteiger partial charge in [0.1, 0.15) is 23.0 Å². The van der Waals surface area contributed by atoms with Crippen molar-refractivity contribution >= 4 is 40.2 Å². The fourth-order valence-corrected chi connectivity index (χ4v) is 4.77. The molecule has 1 N–H and O–H groups in total. The number of rotatable bonds is 7. The quantitative estimate of drug-likeness (QED) is 0.394. The molecule has 35 heavy (non-hydrogen) atoms. The zero-order valence-corrected chi connectivity index (χ0v) is 20.1. The minimum atomic E-state index is -0.228. The van der Waals surface area contributed by atoms with E-state index in [-0.39, 0.29) is 11.7 Å². The van der Waals surface area contributed by atoms with Gasteiger partial charge in [-0.15, -0.1) is 11.8 Å². The van der Waals surface area contributed by atoms with Crippen molar-refractivity contribution in [2.45, 2.75) is 11.6 Å². The van der Waals surface area contributed by atoms with Crippen LogP contribution in [0.5, 0.6) is 0 Å². The molecule has 11 heteroatoms. The van der Waals surface area contributed by atoms with E-state index in [1.165, 1.54) is 23.9 Å². The molecule has 5 rings (SSSR count). The Morgan fingerprint density at radius 3 is 2.60 bits per heavy atom. The Morgan fingerprint density at radius 2 is 1.83 bits per heavy atom. The second-order valence-electron chi connectivity index (χ2n) is 8.07. The second kappa shape index (κ2) is 10.3. The van der Waals surface area contributed by atoms with Crippen LogP contribution in [0.15, 0.2) is 60.1 Å². The molecule has 1 aliphatic rings. The van der Waals surface area contributed by atoms with Gasteiger partial charge in [-0.1, -0.05) is 0 Å². The van der Waals surface area contributed by atoms with Crippen molar-refractivity contribution in [3.05, 3.63) is 66.5 Å². The van der Waals surface area contributed by atoms with Crippen molar-refractivity contribution in [2.75, 3.05) is 48.8 Å². The van der Waals surface area contributed by atoms with Gasteiger partial charge in [0.15, 0.2) is 5.65 Å². The van der Waals surface area contributed by atoms with Crippen LogP contribution in [0, 0.1) is 5.82 Å². The summed E-state index contributed by atoms with van der Waals surface area (Å²) < 4.78 is 15.0. The standard InChI is InChI=1S/C24H25FN8OS/c1-35-24-19(3-2-8-27-24)23(34)26-9-10-33-22-20(15-30-33)21(28-16-29-22)32-13-11-31(12-14-32)18-6-4-17(25)5-7-18/h2-8,15-16H,9-14H2,1H3,(H,26,34). The van der Waals surface area contributed by atoms with Crippen LogP contribution < -0.4 is 15.1 Å². The van der Waals surface area contributed by atoms with E-state index in [1.54, 1.807) is 35.5 Å². The van der Waals surface area contributed by atoms with E-state index >= 15 is 0 Å². The number of hydrogen-bond donors (Lipinski definition) is 1. The summed E-state index contributed by atoms with van der Waals surface area (Å²) in [6, 6.07) is 10.1. The Bertz CT molecular complexity index is 1320. The number of hydrogen-bond acceptors (Lipinski definition) is 8. The Balaban J connectivity index is 1.23. The summed E-state index contributed by atoms with van der Waals surface area (Å²) in [5, 5.41) is 9.02. The maximum atomic E-state index is 13.2. The maximum Gasteiger partial charge on any atom is 0.254 e. The summed E-state index contributed by atoms with van der Waals surface area (Å²) in [6.07, 6.45) is 6.92. The maximum absolute atomic E-state index is 13.2. The molecule has 1 amide bonds. The van der Waals surface area contributed by atoms with E-state index in [0.717, 1.165) is 48.7 Å². The molecule has 0 atom stereocenters. The summed E-state index contributed by atoms with van der Waals surface area (Å²) in [5.41, 5.74) is 2.32. The van der Waals surface area contributed by atoms with E-state index < -0.39 is 0 Å². The molecular weight excluding hydrogens is 467 g/mol. The lowest BCUT2D eigenvalue weighted by Gasteiger charge is -2.36. The van der Waals surface area contributed by atoms with Crippen LogP contribution >= 0.6 is 11.8 Å². The molecule has 1 fully saturated rings. The highest BCUT2D eigenvalue weighted by molar-refractivity contribution is 7.98. The number of fused-ring (bicyclic) bond motifs is 1. The lowest BCUT2D eigenvalue weighted by atomic mass is 10.2. The van der Waals surface area contributed by atoms with Crippen molar-refractivity contribution < 1.29 is 9.18 Å². The molecule has 4 aromatic rings. The molecule has 3 aromatic heterocycles. The topological polar surface area (TPSA) is 92.1 Å². The van der Waals surface area contributed by atoms with Crippen molar-refractivity contribution in [3.63, 3.8) is 0 Å². The van der Waals surface area contributed by atoms with Crippen LogP contribution in [-0.2, 0) is 6.54 Å². The van der Waals surface area contributed by atoms with Crippen molar-refractivity contribution in [3.8, 4) is 0 Å². The lowest BCUT2D eigenvalue weighted by molar-refractivity contribution is 0.0948. The number of aromatic nitrogens is 5. The fourth-order valence-electron chi connectivity index (χ4n) is 4.22. The van der Waals surface area contributed by atoms with Crippen LogP contribution in [0.4, 0.5) is 15.9 Å². The van der Waals surface area contributed by atoms with Crippen LogP contribution in [-0.4, -0.2) is 69.6 Å². The summed E-state index contributed by atoms with van der Waals surface area (Å²) in [4.78, 5) is 30.3. The smallest absolute Gasteiger partial charge is 0.254 e. The summed E-state index contributed by atoms with van der Waals surface area (Å²) in [5.74, 6) is 0.464. The molecule has 0 spiro atoms. The number of pyridine rings is 1. The zero-order chi connectivity index (χ0) is 24.2. The van der Waals surface area contributed by atoms with Crippen LogP contribution in [0.3, 0.4) is 0 Å². The van der Waals surface area contributed by atoms with Gasteiger partial charge in [0.05, 0.1) is 23.7 Å². The minimum Gasteiger partial charge on any atom is -0.368 e. The number of carbonyl (C=O) groups is 1. The molecule has 0 aliphatic carbocycles. The number of thioether (sulfide) groups is 1. The van der Waals surface area contributed by atoms with Gasteiger partial charge in [0.25, 0.3) is 5.91 Å². The monoisotopic (exact) mass is 492 g/mol. The number of amides is 1. The Hall–Kier alpha value is -3.73. The average Bonchev–Trinajstić information content (AvgIpc) is 3.32. The molecule has 1 aromatic carbocycles. The molecule has 4 heterocycles. The molecule has 0 radical (unpaired) electrons. The lowest BCUT2D eigenvalue weighted by Crippen LogP contribution is -2.46. The minimum absolute atomic E-state index is 0.159. The fraction of sp³-hybridized carbons (Fsp3) is 0.292. The normalized spacial score (nSPS) is 13.9. The van der Waals surface area contributed by atoms with Gasteiger partial charge in [0, 0.05) is 44.6 Å². The van der Waals surface area contributed by atoms with Gasteiger partial charge in [-0.05, 0) is 42.7 Å². The molecular formula is C24H25FN8OS. The number of benzene rings is 1.